The zero-order valence-corrected chi connectivity index (χ0v) is 16.7. The highest BCUT2D eigenvalue weighted by atomic mass is 16.2. The molecule has 1 aromatic heterocycles. The van der Waals surface area contributed by atoms with E-state index in [0.717, 1.165) is 45.2 Å². The Bertz CT molecular complexity index is 821. The number of hydrogen-bond acceptors (Lipinski definition) is 2. The van der Waals surface area contributed by atoms with Crippen LogP contribution in [0.1, 0.15) is 39.8 Å². The van der Waals surface area contributed by atoms with Crippen molar-refractivity contribution in [2.24, 2.45) is 0 Å². The Morgan fingerprint density at radius 2 is 1.81 bits per heavy atom. The number of aromatic nitrogens is 1. The lowest BCUT2D eigenvalue weighted by Gasteiger charge is -2.15. The Balaban J connectivity index is 1.97. The zero-order valence-electron chi connectivity index (χ0n) is 16.7. The number of ketones is 1. The molecule has 140 valence electrons. The predicted molar refractivity (Wildman–Crippen MR) is 105 cm³/mol. The Morgan fingerprint density at radius 3 is 2.42 bits per heavy atom. The largest absolute Gasteiger partial charge is 0.349 e. The van der Waals surface area contributed by atoms with E-state index in [9.17, 15) is 9.59 Å². The van der Waals surface area contributed by atoms with E-state index in [-0.39, 0.29) is 18.2 Å². The molecule has 5 heteroatoms. The molecule has 0 aliphatic rings. The number of likely N-dealkylation sites (N-methyl/N-ethyl adjacent to an activating group) is 1. The first-order valence-corrected chi connectivity index (χ1v) is 9.11. The van der Waals surface area contributed by atoms with Crippen molar-refractivity contribution in [1.29, 1.82) is 0 Å². The summed E-state index contributed by atoms with van der Waals surface area (Å²) in [7, 11) is 1.87. The van der Waals surface area contributed by atoms with Crippen LogP contribution in [0, 0.1) is 27.7 Å². The number of benzene rings is 1. The highest BCUT2D eigenvalue weighted by molar-refractivity contribution is 5.98. The molecule has 1 amide bonds. The Hall–Kier alpha value is -2.40. The van der Waals surface area contributed by atoms with Gasteiger partial charge in [0, 0.05) is 29.2 Å². The summed E-state index contributed by atoms with van der Waals surface area (Å²) >= 11 is 0. The van der Waals surface area contributed by atoms with Gasteiger partial charge in [-0.15, -0.1) is 0 Å². The molecule has 0 bridgehead atoms. The zero-order chi connectivity index (χ0) is 19.4. The van der Waals surface area contributed by atoms with E-state index in [1.807, 2.05) is 59.0 Å². The first-order chi connectivity index (χ1) is 12.2. The fourth-order valence-corrected chi connectivity index (χ4v) is 3.36. The van der Waals surface area contributed by atoms with Crippen molar-refractivity contribution in [3.05, 3.63) is 52.3 Å². The Morgan fingerprint density at radius 1 is 1.12 bits per heavy atom. The first-order valence-electron chi connectivity index (χ1n) is 9.11. The molecule has 0 aliphatic heterocycles. The molecule has 2 N–H and O–H groups in total. The number of nitrogens with one attached hydrogen (secondary N) is 2. The standard InChI is InChI=1S/C21H29N3O2/c1-7-24-15(3)11-18(17(24)5)20(25)12-23(6)13-21(26)22-19-10-8-9-14(2)16(19)4/h8-11H,7,12-13H2,1-6H3,(H,22,26)/p+1. The van der Waals surface area contributed by atoms with Crippen molar-refractivity contribution in [3.63, 3.8) is 0 Å². The second kappa shape index (κ2) is 8.32. The van der Waals surface area contributed by atoms with Gasteiger partial charge in [-0.2, -0.15) is 0 Å². The van der Waals surface area contributed by atoms with Crippen LogP contribution in [0.5, 0.6) is 0 Å². The van der Waals surface area contributed by atoms with Gasteiger partial charge in [0.15, 0.2) is 6.54 Å². The number of Topliss-reactive ketones (excluding diaryl/α,β-unsaturated/α-hetero) is 1. The van der Waals surface area contributed by atoms with Crippen LogP contribution in [0.15, 0.2) is 24.3 Å². The Labute approximate surface area is 156 Å². The highest BCUT2D eigenvalue weighted by Crippen LogP contribution is 2.17. The molecule has 2 rings (SSSR count). The van der Waals surface area contributed by atoms with Crippen LogP contribution < -0.4 is 10.2 Å². The molecular formula is C21H30N3O2+. The Kier molecular flexibility index (Phi) is 6.37. The van der Waals surface area contributed by atoms with Gasteiger partial charge in [0.25, 0.3) is 5.91 Å². The van der Waals surface area contributed by atoms with Gasteiger partial charge in [-0.3, -0.25) is 9.59 Å². The molecule has 0 fully saturated rings. The van der Waals surface area contributed by atoms with E-state index in [1.165, 1.54) is 0 Å². The quantitative estimate of drug-likeness (QED) is 0.747. The van der Waals surface area contributed by atoms with Gasteiger partial charge >= 0.3 is 0 Å². The normalized spacial score (nSPS) is 12.1. The minimum atomic E-state index is -0.0805. The number of hydrogen-bond donors (Lipinski definition) is 2. The van der Waals surface area contributed by atoms with E-state index in [4.69, 9.17) is 0 Å². The molecule has 5 nitrogen and oxygen atoms in total. The van der Waals surface area contributed by atoms with Gasteiger partial charge in [-0.25, -0.2) is 0 Å². The van der Waals surface area contributed by atoms with Crippen molar-refractivity contribution >= 4 is 17.4 Å². The molecule has 1 aromatic carbocycles. The molecule has 0 spiro atoms. The maximum absolute atomic E-state index is 12.6. The molecule has 0 saturated carbocycles. The van der Waals surface area contributed by atoms with Gasteiger partial charge in [-0.1, -0.05) is 12.1 Å². The van der Waals surface area contributed by atoms with E-state index in [2.05, 4.69) is 16.8 Å². The predicted octanol–water partition coefficient (Wildman–Crippen LogP) is 2.08. The maximum atomic E-state index is 12.6. The monoisotopic (exact) mass is 356 g/mol. The number of rotatable bonds is 7. The van der Waals surface area contributed by atoms with E-state index < -0.39 is 0 Å². The van der Waals surface area contributed by atoms with Gasteiger partial charge in [0.2, 0.25) is 5.78 Å². The third-order valence-corrected chi connectivity index (χ3v) is 4.99. The minimum Gasteiger partial charge on any atom is -0.349 e. The average Bonchev–Trinajstić information content (AvgIpc) is 2.85. The smallest absolute Gasteiger partial charge is 0.279 e. The van der Waals surface area contributed by atoms with Crippen LogP contribution in [0.3, 0.4) is 0 Å². The van der Waals surface area contributed by atoms with Crippen LogP contribution in [-0.4, -0.2) is 36.4 Å². The number of aryl methyl sites for hydroxylation is 2. The molecular weight excluding hydrogens is 326 g/mol. The van der Waals surface area contributed by atoms with Crippen LogP contribution in [-0.2, 0) is 11.3 Å². The first kappa shape index (κ1) is 19.9. The second-order valence-electron chi connectivity index (χ2n) is 7.06. The summed E-state index contributed by atoms with van der Waals surface area (Å²) in [4.78, 5) is 25.8. The fraction of sp³-hybridized carbons (Fsp3) is 0.429. The highest BCUT2D eigenvalue weighted by Gasteiger charge is 2.20. The van der Waals surface area contributed by atoms with E-state index in [0.29, 0.717) is 6.54 Å². The summed E-state index contributed by atoms with van der Waals surface area (Å²) < 4.78 is 2.13. The topological polar surface area (TPSA) is 55.5 Å². The van der Waals surface area contributed by atoms with E-state index >= 15 is 0 Å². The number of anilines is 1. The summed E-state index contributed by atoms with van der Waals surface area (Å²) in [5, 5.41) is 2.95. The molecule has 0 radical (unpaired) electrons. The average molecular weight is 356 g/mol. The number of quaternary nitrogens is 1. The minimum absolute atomic E-state index is 0.0786. The molecule has 1 unspecified atom stereocenters. The number of nitrogens with zero attached hydrogens (tertiary/aromatic N) is 1. The summed E-state index contributed by atoms with van der Waals surface area (Å²) in [6, 6.07) is 7.81. The summed E-state index contributed by atoms with van der Waals surface area (Å²) in [6.45, 7) is 11.5. The summed E-state index contributed by atoms with van der Waals surface area (Å²) in [5.41, 5.74) is 5.91. The lowest BCUT2D eigenvalue weighted by atomic mass is 10.1. The molecule has 26 heavy (non-hydrogen) atoms. The summed E-state index contributed by atoms with van der Waals surface area (Å²) in [6.07, 6.45) is 0. The number of carbonyl (C=O) groups is 2. The fourth-order valence-electron chi connectivity index (χ4n) is 3.36. The van der Waals surface area contributed by atoms with Crippen LogP contribution in [0.2, 0.25) is 0 Å². The lowest BCUT2D eigenvalue weighted by molar-refractivity contribution is -0.861. The van der Waals surface area contributed by atoms with Crippen molar-refractivity contribution in [2.45, 2.75) is 41.2 Å². The SMILES string of the molecule is CCn1c(C)cc(C(=O)C[NH+](C)CC(=O)Nc2cccc(C)c2C)c1C. The molecule has 2 aromatic rings. The van der Waals surface area contributed by atoms with Crippen LogP contribution in [0.4, 0.5) is 5.69 Å². The van der Waals surface area contributed by atoms with E-state index in [1.54, 1.807) is 0 Å². The van der Waals surface area contributed by atoms with Gasteiger partial charge in [-0.05, 0) is 57.9 Å². The summed E-state index contributed by atoms with van der Waals surface area (Å²) in [5.74, 6) is -0.00198. The maximum Gasteiger partial charge on any atom is 0.279 e. The van der Waals surface area contributed by atoms with Crippen molar-refractivity contribution < 1.29 is 14.5 Å². The number of amides is 1. The van der Waals surface area contributed by atoms with Crippen LogP contribution in [0.25, 0.3) is 0 Å². The van der Waals surface area contributed by atoms with Crippen molar-refractivity contribution in [2.75, 3.05) is 25.5 Å². The second-order valence-corrected chi connectivity index (χ2v) is 7.06. The molecule has 1 heterocycles. The third-order valence-electron chi connectivity index (χ3n) is 4.99. The molecule has 0 saturated heterocycles. The third kappa shape index (κ3) is 4.41. The van der Waals surface area contributed by atoms with Gasteiger partial charge in [0.05, 0.1) is 7.05 Å². The number of carbonyl (C=O) groups excluding carboxylic acids is 2. The van der Waals surface area contributed by atoms with Gasteiger partial charge < -0.3 is 14.8 Å². The molecule has 0 aliphatic carbocycles. The van der Waals surface area contributed by atoms with Crippen LogP contribution >= 0.6 is 0 Å². The van der Waals surface area contributed by atoms with Gasteiger partial charge in [0.1, 0.15) is 6.54 Å². The van der Waals surface area contributed by atoms with Crippen molar-refractivity contribution in [3.8, 4) is 0 Å². The van der Waals surface area contributed by atoms with Crippen molar-refractivity contribution in [1.82, 2.24) is 4.57 Å². The lowest BCUT2D eigenvalue weighted by Crippen LogP contribution is -3.11. The molecule has 1 atom stereocenters.